The second-order valence-electron chi connectivity index (χ2n) is 15.8. The fraction of sp³-hybridized carbons (Fsp3) is 0.240. The Bertz CT molecular complexity index is 2490. The first kappa shape index (κ1) is 33.9. The topological polar surface area (TPSA) is 62.5 Å². The van der Waals surface area contributed by atoms with E-state index in [1.807, 2.05) is 24.3 Å². The van der Waals surface area contributed by atoms with E-state index in [4.69, 9.17) is 15.0 Å². The van der Waals surface area contributed by atoms with Crippen molar-refractivity contribution < 1.29 is 0 Å². The van der Waals surface area contributed by atoms with E-state index in [0.717, 1.165) is 67.5 Å². The maximum atomic E-state index is 9.31. The zero-order chi connectivity index (χ0) is 36.6. The number of rotatable bonds is 7. The fourth-order valence-corrected chi connectivity index (χ4v) is 9.81. The molecule has 7 aromatic rings. The molecule has 0 spiro atoms. The maximum absolute atomic E-state index is 9.31. The summed E-state index contributed by atoms with van der Waals surface area (Å²) in [4.78, 5) is 15.5. The molecule has 2 bridgehead atoms. The highest BCUT2D eigenvalue weighted by Gasteiger charge is 2.45. The zero-order valence-corrected chi connectivity index (χ0v) is 31.0. The molecule has 4 heteroatoms. The number of nitriles is 1. The standard InChI is InChI=1S/C50H44N4/c1-3-34-28-36-27-33(2)29-50(30-34,31-36)42-25-23-41(24-26-42)48-52-47(53-49(54-48)46-14-8-10-37-9-4-5-13-45(37)46)40-21-19-39(20-22-40)44-12-7-6-11-43(44)38-17-15-35(32-51)16-18-38/h4-26,33-34,36H,3,27-31H2,1-2H3/t33-,34+,36-,50?/m1/s1. The third-order valence-electron chi connectivity index (χ3n) is 12.2. The summed E-state index contributed by atoms with van der Waals surface area (Å²) in [5, 5.41) is 11.6. The van der Waals surface area contributed by atoms with Crippen LogP contribution >= 0.6 is 0 Å². The Labute approximate surface area is 318 Å². The SMILES string of the molecule is CC[C@H]1C[C@H]2C[C@@H](C)CC(c3ccc(-c4nc(-c5ccc(-c6ccccc6-c6ccc(C#N)cc6)cc5)nc(-c5cccc6ccccc56)n4)cc3)(C2)C1. The quantitative estimate of drug-likeness (QED) is 0.166. The summed E-state index contributed by atoms with van der Waals surface area (Å²) in [6, 6.07) is 51.0. The number of aromatic nitrogens is 3. The van der Waals surface area contributed by atoms with Gasteiger partial charge in [-0.1, -0.05) is 148 Å². The molecule has 6 aromatic carbocycles. The van der Waals surface area contributed by atoms with Crippen molar-refractivity contribution in [1.82, 2.24) is 15.0 Å². The van der Waals surface area contributed by atoms with Crippen LogP contribution in [-0.2, 0) is 5.41 Å². The Morgan fingerprint density at radius 2 is 1.13 bits per heavy atom. The Hall–Kier alpha value is -5.92. The molecule has 2 aliphatic rings. The van der Waals surface area contributed by atoms with Gasteiger partial charge in [0.2, 0.25) is 0 Å². The van der Waals surface area contributed by atoms with Gasteiger partial charge >= 0.3 is 0 Å². The number of hydrogen-bond acceptors (Lipinski definition) is 4. The first-order chi connectivity index (χ1) is 26.5. The molecule has 0 radical (unpaired) electrons. The van der Waals surface area contributed by atoms with E-state index < -0.39 is 0 Å². The van der Waals surface area contributed by atoms with E-state index in [0.29, 0.717) is 23.0 Å². The monoisotopic (exact) mass is 700 g/mol. The lowest BCUT2D eigenvalue weighted by Crippen LogP contribution is -2.42. The van der Waals surface area contributed by atoms with Gasteiger partial charge in [-0.25, -0.2) is 15.0 Å². The molecule has 0 N–H and O–H groups in total. The van der Waals surface area contributed by atoms with E-state index in [-0.39, 0.29) is 5.41 Å². The summed E-state index contributed by atoms with van der Waals surface area (Å²) >= 11 is 0. The largest absolute Gasteiger partial charge is 0.208 e. The Morgan fingerprint density at radius 1 is 0.574 bits per heavy atom. The minimum absolute atomic E-state index is 0.276. The minimum atomic E-state index is 0.276. The van der Waals surface area contributed by atoms with Crippen LogP contribution < -0.4 is 0 Å². The van der Waals surface area contributed by atoms with E-state index in [1.54, 1.807) is 0 Å². The van der Waals surface area contributed by atoms with Crippen molar-refractivity contribution in [3.63, 3.8) is 0 Å². The van der Waals surface area contributed by atoms with Crippen LogP contribution in [0.15, 0.2) is 140 Å². The Balaban J connectivity index is 1.11. The highest BCUT2D eigenvalue weighted by atomic mass is 15.0. The van der Waals surface area contributed by atoms with E-state index >= 15 is 0 Å². The van der Waals surface area contributed by atoms with Crippen LogP contribution in [0.25, 0.3) is 67.2 Å². The number of benzene rings is 6. The summed E-state index contributed by atoms with van der Waals surface area (Å²) in [6.07, 6.45) is 7.97. The second kappa shape index (κ2) is 14.1. The van der Waals surface area contributed by atoms with E-state index in [1.165, 1.54) is 44.1 Å². The summed E-state index contributed by atoms with van der Waals surface area (Å²) in [5.41, 5.74) is 9.79. The van der Waals surface area contributed by atoms with Crippen molar-refractivity contribution >= 4 is 10.8 Å². The van der Waals surface area contributed by atoms with Crippen molar-refractivity contribution in [2.75, 3.05) is 0 Å². The molecule has 2 aliphatic carbocycles. The van der Waals surface area contributed by atoms with Gasteiger partial charge < -0.3 is 0 Å². The van der Waals surface area contributed by atoms with Crippen molar-refractivity contribution in [3.05, 3.63) is 151 Å². The van der Waals surface area contributed by atoms with Crippen LogP contribution in [0.5, 0.6) is 0 Å². The molecule has 9 rings (SSSR count). The van der Waals surface area contributed by atoms with Crippen molar-refractivity contribution in [1.29, 1.82) is 5.26 Å². The molecule has 1 aromatic heterocycles. The van der Waals surface area contributed by atoms with Crippen LogP contribution in [0.4, 0.5) is 0 Å². The fourth-order valence-electron chi connectivity index (χ4n) is 9.81. The lowest BCUT2D eigenvalue weighted by atomic mass is 9.54. The second-order valence-corrected chi connectivity index (χ2v) is 15.8. The molecular weight excluding hydrogens is 657 g/mol. The average Bonchev–Trinajstić information content (AvgIpc) is 3.23. The zero-order valence-electron chi connectivity index (χ0n) is 31.0. The molecule has 0 amide bonds. The minimum Gasteiger partial charge on any atom is -0.208 e. The highest BCUT2D eigenvalue weighted by Crippen LogP contribution is 2.54. The molecule has 54 heavy (non-hydrogen) atoms. The summed E-state index contributed by atoms with van der Waals surface area (Å²) in [6.45, 7) is 4.84. The maximum Gasteiger partial charge on any atom is 0.164 e. The molecule has 0 aliphatic heterocycles. The van der Waals surface area contributed by atoms with Crippen LogP contribution in [0.2, 0.25) is 0 Å². The van der Waals surface area contributed by atoms with Gasteiger partial charge in [0.05, 0.1) is 11.6 Å². The van der Waals surface area contributed by atoms with Crippen LogP contribution in [-0.4, -0.2) is 15.0 Å². The van der Waals surface area contributed by atoms with E-state index in [2.05, 4.69) is 135 Å². The third-order valence-corrected chi connectivity index (χ3v) is 12.2. The number of hydrogen-bond donors (Lipinski definition) is 0. The molecule has 2 fully saturated rings. The molecule has 4 nitrogen and oxygen atoms in total. The van der Waals surface area contributed by atoms with Gasteiger partial charge in [0.25, 0.3) is 0 Å². The van der Waals surface area contributed by atoms with E-state index in [9.17, 15) is 5.26 Å². The molecule has 1 heterocycles. The van der Waals surface area contributed by atoms with Crippen LogP contribution in [0.1, 0.15) is 63.5 Å². The van der Waals surface area contributed by atoms with Gasteiger partial charge in [0, 0.05) is 16.7 Å². The molecule has 0 saturated heterocycles. The van der Waals surface area contributed by atoms with Crippen molar-refractivity contribution in [2.45, 2.75) is 57.8 Å². The third kappa shape index (κ3) is 6.39. The smallest absolute Gasteiger partial charge is 0.164 e. The lowest BCUT2D eigenvalue weighted by molar-refractivity contribution is 0.0702. The Kier molecular flexibility index (Phi) is 8.87. The molecule has 2 saturated carbocycles. The van der Waals surface area contributed by atoms with Gasteiger partial charge in [-0.3, -0.25) is 0 Å². The van der Waals surface area contributed by atoms with Crippen LogP contribution in [0, 0.1) is 29.1 Å². The predicted octanol–water partition coefficient (Wildman–Crippen LogP) is 12.7. The molecule has 4 atom stereocenters. The predicted molar refractivity (Wildman–Crippen MR) is 220 cm³/mol. The first-order valence-corrected chi connectivity index (χ1v) is 19.5. The Morgan fingerprint density at radius 3 is 1.80 bits per heavy atom. The van der Waals surface area contributed by atoms with Gasteiger partial charge in [0.15, 0.2) is 17.5 Å². The van der Waals surface area contributed by atoms with Gasteiger partial charge in [-0.2, -0.15) is 5.26 Å². The molecular formula is C50H44N4. The van der Waals surface area contributed by atoms with Crippen LogP contribution in [0.3, 0.4) is 0 Å². The molecule has 264 valence electrons. The highest BCUT2D eigenvalue weighted by molar-refractivity contribution is 5.95. The first-order valence-electron chi connectivity index (χ1n) is 19.5. The van der Waals surface area contributed by atoms with Gasteiger partial charge in [0.1, 0.15) is 0 Å². The summed E-state index contributed by atoms with van der Waals surface area (Å²) < 4.78 is 0. The van der Waals surface area contributed by atoms with Gasteiger partial charge in [-0.05, 0) is 106 Å². The van der Waals surface area contributed by atoms with Crippen molar-refractivity contribution in [2.24, 2.45) is 17.8 Å². The summed E-state index contributed by atoms with van der Waals surface area (Å²) in [5.74, 6) is 4.45. The normalized spacial score (nSPS) is 20.7. The average molecular weight is 701 g/mol. The summed E-state index contributed by atoms with van der Waals surface area (Å²) in [7, 11) is 0. The lowest BCUT2D eigenvalue weighted by Gasteiger charge is -2.51. The van der Waals surface area contributed by atoms with Crippen molar-refractivity contribution in [3.8, 4) is 62.5 Å². The number of nitrogens with zero attached hydrogens (tertiary/aromatic N) is 4. The van der Waals surface area contributed by atoms with Gasteiger partial charge in [-0.15, -0.1) is 0 Å². The molecule has 1 unspecified atom stereocenters. The number of fused-ring (bicyclic) bond motifs is 3.